The van der Waals surface area contributed by atoms with Gasteiger partial charge in [-0.1, -0.05) is 19.1 Å². The van der Waals surface area contributed by atoms with E-state index in [1.54, 1.807) is 14.1 Å². The lowest BCUT2D eigenvalue weighted by Gasteiger charge is -2.22. The van der Waals surface area contributed by atoms with E-state index in [2.05, 4.69) is 46.6 Å². The van der Waals surface area contributed by atoms with Gasteiger partial charge in [0.1, 0.15) is 0 Å². The fourth-order valence-electron chi connectivity index (χ4n) is 3.32. The van der Waals surface area contributed by atoms with Gasteiger partial charge in [-0.2, -0.15) is 0 Å². The summed E-state index contributed by atoms with van der Waals surface area (Å²) in [4.78, 5) is 18.6. The summed E-state index contributed by atoms with van der Waals surface area (Å²) < 4.78 is 0. The van der Waals surface area contributed by atoms with Crippen LogP contribution in [-0.4, -0.2) is 62.6 Å². The predicted molar refractivity (Wildman–Crippen MR) is 108 cm³/mol. The number of nitrogens with zero attached hydrogens (tertiary/aromatic N) is 2. The molecule has 0 saturated carbocycles. The van der Waals surface area contributed by atoms with Crippen LogP contribution in [0.3, 0.4) is 0 Å². The Kier molecular flexibility index (Phi) is 7.45. The van der Waals surface area contributed by atoms with E-state index >= 15 is 0 Å². The molecule has 1 aromatic carbocycles. The molecule has 2 atom stereocenters. The minimum atomic E-state index is -0.0535. The summed E-state index contributed by atoms with van der Waals surface area (Å²) >= 11 is 0. The van der Waals surface area contributed by atoms with Gasteiger partial charge in [-0.3, -0.25) is 14.7 Å². The average molecular weight is 360 g/mol. The van der Waals surface area contributed by atoms with Crippen molar-refractivity contribution >= 4 is 11.9 Å². The molecule has 0 aromatic heterocycles. The average Bonchev–Trinajstić information content (AvgIpc) is 3.01. The maximum atomic E-state index is 11.7. The van der Waals surface area contributed by atoms with E-state index in [1.807, 2.05) is 24.3 Å². The fraction of sp³-hybridized carbons (Fsp3) is 0.600. The first-order valence-electron chi connectivity index (χ1n) is 9.46. The van der Waals surface area contributed by atoms with Crippen molar-refractivity contribution in [3.8, 4) is 0 Å². The highest BCUT2D eigenvalue weighted by atomic mass is 16.1. The molecule has 6 heteroatoms. The number of hydrogen-bond donors (Lipinski definition) is 3. The van der Waals surface area contributed by atoms with Crippen molar-refractivity contribution in [2.75, 3.05) is 33.7 Å². The number of aliphatic imine (C=N–C) groups is 1. The molecule has 0 radical (unpaired) electrons. The number of rotatable bonds is 6. The third-order valence-corrected chi connectivity index (χ3v) is 5.04. The van der Waals surface area contributed by atoms with Crippen molar-refractivity contribution in [2.24, 2.45) is 10.9 Å². The summed E-state index contributed by atoms with van der Waals surface area (Å²) in [6, 6.07) is 8.73. The molecule has 6 nitrogen and oxygen atoms in total. The molecule has 0 aliphatic carbocycles. The standard InChI is InChI=1S/C20H33N5O/c1-14(2)25-12-15(3)18(13-25)24-20(22-5)23-10-9-16-7-6-8-17(11-16)19(26)21-4/h6-8,11,14-15,18H,9-10,12-13H2,1-5H3,(H,21,26)(H2,22,23,24). The van der Waals surface area contributed by atoms with Crippen LogP contribution in [0.2, 0.25) is 0 Å². The van der Waals surface area contributed by atoms with Crippen LogP contribution in [0.5, 0.6) is 0 Å². The van der Waals surface area contributed by atoms with E-state index in [1.165, 1.54) is 0 Å². The Morgan fingerprint density at radius 3 is 2.73 bits per heavy atom. The number of nitrogens with one attached hydrogen (secondary N) is 3. The van der Waals surface area contributed by atoms with Gasteiger partial charge in [0, 0.05) is 51.4 Å². The highest BCUT2D eigenvalue weighted by Crippen LogP contribution is 2.18. The SMILES string of the molecule is CN=C(NCCc1cccc(C(=O)NC)c1)NC1CN(C(C)C)CC1C. The van der Waals surface area contributed by atoms with Crippen LogP contribution in [0.4, 0.5) is 0 Å². The van der Waals surface area contributed by atoms with Crippen molar-refractivity contribution in [1.29, 1.82) is 0 Å². The van der Waals surface area contributed by atoms with Gasteiger partial charge in [0.15, 0.2) is 5.96 Å². The van der Waals surface area contributed by atoms with Gasteiger partial charge >= 0.3 is 0 Å². The lowest BCUT2D eigenvalue weighted by Crippen LogP contribution is -2.47. The third kappa shape index (κ3) is 5.46. The number of hydrogen-bond acceptors (Lipinski definition) is 3. The van der Waals surface area contributed by atoms with E-state index in [0.29, 0.717) is 23.6 Å². The normalized spacial score (nSPS) is 21.1. The Morgan fingerprint density at radius 1 is 1.35 bits per heavy atom. The summed E-state index contributed by atoms with van der Waals surface area (Å²) in [5.74, 6) is 1.39. The Bertz CT molecular complexity index is 628. The first-order valence-corrected chi connectivity index (χ1v) is 9.46. The molecule has 0 bridgehead atoms. The second kappa shape index (κ2) is 9.57. The summed E-state index contributed by atoms with van der Waals surface area (Å²) in [5.41, 5.74) is 1.83. The van der Waals surface area contributed by atoms with Gasteiger partial charge in [0.05, 0.1) is 0 Å². The van der Waals surface area contributed by atoms with Crippen LogP contribution in [0.25, 0.3) is 0 Å². The van der Waals surface area contributed by atoms with Crippen LogP contribution in [0.15, 0.2) is 29.3 Å². The van der Waals surface area contributed by atoms with Crippen molar-refractivity contribution in [2.45, 2.75) is 39.3 Å². The van der Waals surface area contributed by atoms with Crippen LogP contribution in [0, 0.1) is 5.92 Å². The smallest absolute Gasteiger partial charge is 0.251 e. The number of guanidine groups is 1. The number of benzene rings is 1. The Labute approximate surface area is 157 Å². The van der Waals surface area contributed by atoms with Gasteiger partial charge in [0.25, 0.3) is 5.91 Å². The first-order chi connectivity index (χ1) is 12.4. The zero-order valence-electron chi connectivity index (χ0n) is 16.7. The predicted octanol–water partition coefficient (Wildman–Crippen LogP) is 1.48. The second-order valence-electron chi connectivity index (χ2n) is 7.30. The summed E-state index contributed by atoms with van der Waals surface area (Å²) in [6.45, 7) is 9.72. The quantitative estimate of drug-likeness (QED) is 0.532. The largest absolute Gasteiger partial charge is 0.356 e. The number of likely N-dealkylation sites (tertiary alicyclic amines) is 1. The van der Waals surface area contributed by atoms with Crippen LogP contribution < -0.4 is 16.0 Å². The molecule has 1 heterocycles. The van der Waals surface area contributed by atoms with Gasteiger partial charge in [-0.25, -0.2) is 0 Å². The van der Waals surface area contributed by atoms with Crippen molar-refractivity contribution < 1.29 is 4.79 Å². The van der Waals surface area contributed by atoms with Crippen LogP contribution >= 0.6 is 0 Å². The van der Waals surface area contributed by atoms with Gasteiger partial charge < -0.3 is 16.0 Å². The highest BCUT2D eigenvalue weighted by Gasteiger charge is 2.31. The number of carbonyl (C=O) groups is 1. The molecule has 1 fully saturated rings. The molecule has 3 N–H and O–H groups in total. The van der Waals surface area contributed by atoms with E-state index < -0.39 is 0 Å². The molecule has 2 unspecified atom stereocenters. The molecule has 1 aromatic rings. The van der Waals surface area contributed by atoms with Crippen molar-refractivity contribution in [1.82, 2.24) is 20.9 Å². The number of carbonyl (C=O) groups excluding carboxylic acids is 1. The summed E-state index contributed by atoms with van der Waals surface area (Å²) in [6.07, 6.45) is 0.837. The topological polar surface area (TPSA) is 68.8 Å². The van der Waals surface area contributed by atoms with Gasteiger partial charge in [-0.15, -0.1) is 0 Å². The first kappa shape index (κ1) is 20.2. The van der Waals surface area contributed by atoms with E-state index in [-0.39, 0.29) is 5.91 Å². The molecule has 26 heavy (non-hydrogen) atoms. The van der Waals surface area contributed by atoms with E-state index in [0.717, 1.165) is 37.6 Å². The van der Waals surface area contributed by atoms with E-state index in [4.69, 9.17) is 0 Å². The molecule has 2 rings (SSSR count). The highest BCUT2D eigenvalue weighted by molar-refractivity contribution is 5.94. The third-order valence-electron chi connectivity index (χ3n) is 5.04. The number of amides is 1. The Hall–Kier alpha value is -2.08. The monoisotopic (exact) mass is 359 g/mol. The molecule has 1 aliphatic heterocycles. The fourth-order valence-corrected chi connectivity index (χ4v) is 3.32. The maximum Gasteiger partial charge on any atom is 0.251 e. The van der Waals surface area contributed by atoms with Crippen molar-refractivity contribution in [3.05, 3.63) is 35.4 Å². The van der Waals surface area contributed by atoms with Gasteiger partial charge in [-0.05, 0) is 43.9 Å². The summed E-state index contributed by atoms with van der Waals surface area (Å²) in [5, 5.41) is 9.61. The van der Waals surface area contributed by atoms with Crippen LogP contribution in [0.1, 0.15) is 36.7 Å². The van der Waals surface area contributed by atoms with E-state index in [9.17, 15) is 4.79 Å². The molecular formula is C20H33N5O. The second-order valence-corrected chi connectivity index (χ2v) is 7.30. The molecule has 144 valence electrons. The molecule has 1 amide bonds. The zero-order valence-corrected chi connectivity index (χ0v) is 16.7. The molecule has 1 saturated heterocycles. The molecule has 0 spiro atoms. The van der Waals surface area contributed by atoms with Gasteiger partial charge in [0.2, 0.25) is 0 Å². The lowest BCUT2D eigenvalue weighted by molar-refractivity contribution is 0.0963. The van der Waals surface area contributed by atoms with Crippen molar-refractivity contribution in [3.63, 3.8) is 0 Å². The molecular weight excluding hydrogens is 326 g/mol. The lowest BCUT2D eigenvalue weighted by atomic mass is 10.1. The Balaban J connectivity index is 1.83. The maximum absolute atomic E-state index is 11.7. The Morgan fingerprint density at radius 2 is 2.12 bits per heavy atom. The van der Waals surface area contributed by atoms with Crippen LogP contribution in [-0.2, 0) is 6.42 Å². The minimum Gasteiger partial charge on any atom is -0.356 e. The summed E-state index contributed by atoms with van der Waals surface area (Å²) in [7, 11) is 3.46. The zero-order chi connectivity index (χ0) is 19.1. The molecule has 1 aliphatic rings. The minimum absolute atomic E-state index is 0.0535.